The average Bonchev–Trinajstić information content (AvgIpc) is 3.09. The fraction of sp³-hybridized carbons (Fsp3) is 0.250. The number of carbonyl (C=O) groups excluding carboxylic acids is 2. The summed E-state index contributed by atoms with van der Waals surface area (Å²) in [6.07, 6.45) is 0.265. The van der Waals surface area contributed by atoms with Gasteiger partial charge in [0.1, 0.15) is 0 Å². The third-order valence-corrected chi connectivity index (χ3v) is 5.05. The third kappa shape index (κ3) is 4.54. The number of anilines is 1. The molecule has 0 bridgehead atoms. The van der Waals surface area contributed by atoms with Gasteiger partial charge in [0, 0.05) is 41.7 Å². The Bertz CT molecular complexity index is 1050. The zero-order chi connectivity index (χ0) is 21.7. The molecule has 156 valence electrons. The standard InChI is InChI=1S/C24H26N2O4/c1-16-20(17(2)27)15-21(18-8-6-5-7-9-18)26(16)13-12-24(28)25-19-10-11-22(29-3)23(14-19)30-4/h5-11,14-15H,12-13H2,1-4H3,(H,25,28). The zero-order valence-electron chi connectivity index (χ0n) is 17.7. The lowest BCUT2D eigenvalue weighted by atomic mass is 10.1. The fourth-order valence-corrected chi connectivity index (χ4v) is 3.49. The Morgan fingerprint density at radius 2 is 1.67 bits per heavy atom. The van der Waals surface area contributed by atoms with E-state index >= 15 is 0 Å². The van der Waals surface area contributed by atoms with Gasteiger partial charge in [-0.2, -0.15) is 0 Å². The monoisotopic (exact) mass is 406 g/mol. The number of aromatic nitrogens is 1. The Hall–Kier alpha value is -3.54. The zero-order valence-corrected chi connectivity index (χ0v) is 17.7. The van der Waals surface area contributed by atoms with E-state index < -0.39 is 0 Å². The highest BCUT2D eigenvalue weighted by Gasteiger charge is 2.17. The molecule has 0 saturated heterocycles. The van der Waals surface area contributed by atoms with Crippen LogP contribution in [0.2, 0.25) is 0 Å². The second-order valence-corrected chi connectivity index (χ2v) is 6.97. The number of hydrogen-bond donors (Lipinski definition) is 1. The van der Waals surface area contributed by atoms with Crippen molar-refractivity contribution in [3.05, 3.63) is 65.9 Å². The number of nitrogens with zero attached hydrogens (tertiary/aromatic N) is 1. The Morgan fingerprint density at radius 3 is 2.30 bits per heavy atom. The lowest BCUT2D eigenvalue weighted by Crippen LogP contribution is -2.15. The first kappa shape index (κ1) is 21.2. The van der Waals surface area contributed by atoms with Crippen molar-refractivity contribution < 1.29 is 19.1 Å². The van der Waals surface area contributed by atoms with E-state index in [2.05, 4.69) is 5.32 Å². The van der Waals surface area contributed by atoms with Crippen LogP contribution in [0.5, 0.6) is 11.5 Å². The van der Waals surface area contributed by atoms with E-state index in [1.54, 1.807) is 39.3 Å². The number of methoxy groups -OCH3 is 2. The van der Waals surface area contributed by atoms with Crippen LogP contribution < -0.4 is 14.8 Å². The first-order valence-corrected chi connectivity index (χ1v) is 9.73. The van der Waals surface area contributed by atoms with Gasteiger partial charge in [0.05, 0.1) is 14.2 Å². The number of hydrogen-bond acceptors (Lipinski definition) is 4. The highest BCUT2D eigenvalue weighted by Crippen LogP contribution is 2.30. The van der Waals surface area contributed by atoms with Gasteiger partial charge in [-0.3, -0.25) is 9.59 Å². The summed E-state index contributed by atoms with van der Waals surface area (Å²) in [4.78, 5) is 24.6. The van der Waals surface area contributed by atoms with E-state index in [9.17, 15) is 9.59 Å². The van der Waals surface area contributed by atoms with Crippen LogP contribution in [-0.2, 0) is 11.3 Å². The molecule has 1 N–H and O–H groups in total. The highest BCUT2D eigenvalue weighted by molar-refractivity contribution is 5.97. The summed E-state index contributed by atoms with van der Waals surface area (Å²) in [5, 5.41) is 2.89. The van der Waals surface area contributed by atoms with Crippen molar-refractivity contribution in [3.63, 3.8) is 0 Å². The molecule has 3 rings (SSSR count). The smallest absolute Gasteiger partial charge is 0.226 e. The maximum absolute atomic E-state index is 12.6. The van der Waals surface area contributed by atoms with Gasteiger partial charge in [-0.25, -0.2) is 0 Å². The summed E-state index contributed by atoms with van der Waals surface area (Å²) in [7, 11) is 3.12. The topological polar surface area (TPSA) is 69.6 Å². The van der Waals surface area contributed by atoms with Gasteiger partial charge >= 0.3 is 0 Å². The van der Waals surface area contributed by atoms with Crippen LogP contribution in [0.4, 0.5) is 5.69 Å². The third-order valence-electron chi connectivity index (χ3n) is 5.05. The van der Waals surface area contributed by atoms with Crippen LogP contribution in [0.25, 0.3) is 11.3 Å². The molecule has 6 heteroatoms. The molecule has 0 unspecified atom stereocenters. The van der Waals surface area contributed by atoms with Crippen LogP contribution in [0.1, 0.15) is 29.4 Å². The molecule has 0 aliphatic carbocycles. The number of ether oxygens (including phenoxy) is 2. The predicted octanol–water partition coefficient (Wildman–Crippen LogP) is 4.71. The Morgan fingerprint density at radius 1 is 0.967 bits per heavy atom. The minimum atomic E-state index is -0.126. The van der Waals surface area contributed by atoms with Gasteiger partial charge in [-0.15, -0.1) is 0 Å². The van der Waals surface area contributed by atoms with Crippen LogP contribution in [-0.4, -0.2) is 30.5 Å². The van der Waals surface area contributed by atoms with E-state index in [1.807, 2.05) is 47.9 Å². The SMILES string of the molecule is COc1ccc(NC(=O)CCn2c(-c3ccccc3)cc(C(C)=O)c2C)cc1OC. The molecule has 0 saturated carbocycles. The number of rotatable bonds is 8. The van der Waals surface area contributed by atoms with E-state index in [1.165, 1.54) is 0 Å². The molecule has 1 aromatic heterocycles. The first-order valence-electron chi connectivity index (χ1n) is 9.73. The number of nitrogens with one attached hydrogen (secondary N) is 1. The molecule has 0 aliphatic rings. The van der Waals surface area contributed by atoms with Crippen molar-refractivity contribution in [2.45, 2.75) is 26.8 Å². The van der Waals surface area contributed by atoms with Gasteiger partial charge in [0.25, 0.3) is 0 Å². The van der Waals surface area contributed by atoms with Crippen LogP contribution in [0.3, 0.4) is 0 Å². The summed E-state index contributed by atoms with van der Waals surface area (Å²) in [6, 6.07) is 17.0. The molecule has 0 radical (unpaired) electrons. The molecular formula is C24H26N2O4. The van der Waals surface area contributed by atoms with Gasteiger partial charge < -0.3 is 19.4 Å². The van der Waals surface area contributed by atoms with Gasteiger partial charge in [0.15, 0.2) is 17.3 Å². The van der Waals surface area contributed by atoms with Crippen molar-refractivity contribution in [3.8, 4) is 22.8 Å². The van der Waals surface area contributed by atoms with E-state index in [4.69, 9.17) is 9.47 Å². The van der Waals surface area contributed by atoms with Crippen LogP contribution in [0, 0.1) is 6.92 Å². The Balaban J connectivity index is 1.78. The Kier molecular flexibility index (Phi) is 6.57. The summed E-state index contributed by atoms with van der Waals surface area (Å²) < 4.78 is 12.5. The van der Waals surface area contributed by atoms with Gasteiger partial charge in [-0.05, 0) is 37.6 Å². The second kappa shape index (κ2) is 9.31. The molecule has 0 spiro atoms. The van der Waals surface area contributed by atoms with E-state index in [0.717, 1.165) is 17.0 Å². The van der Waals surface area contributed by atoms with Crippen molar-refractivity contribution >= 4 is 17.4 Å². The number of Topliss-reactive ketones (excluding diaryl/α,β-unsaturated/α-hetero) is 1. The Labute approximate surface area is 176 Å². The quantitative estimate of drug-likeness (QED) is 0.550. The molecule has 30 heavy (non-hydrogen) atoms. The lowest BCUT2D eigenvalue weighted by Gasteiger charge is -2.13. The molecule has 2 aromatic carbocycles. The van der Waals surface area contributed by atoms with Crippen LogP contribution >= 0.6 is 0 Å². The molecule has 1 amide bonds. The number of ketones is 1. The summed E-state index contributed by atoms with van der Waals surface area (Å²) in [5.41, 5.74) is 4.11. The molecule has 3 aromatic rings. The summed E-state index contributed by atoms with van der Waals surface area (Å²) in [6.45, 7) is 3.93. The maximum Gasteiger partial charge on any atom is 0.226 e. The van der Waals surface area contributed by atoms with Crippen LogP contribution in [0.15, 0.2) is 54.6 Å². The van der Waals surface area contributed by atoms with Crippen molar-refractivity contribution in [1.82, 2.24) is 4.57 Å². The largest absolute Gasteiger partial charge is 0.493 e. The predicted molar refractivity (Wildman–Crippen MR) is 117 cm³/mol. The second-order valence-electron chi connectivity index (χ2n) is 6.97. The summed E-state index contributed by atoms with van der Waals surface area (Å²) in [5.74, 6) is 1.04. The minimum Gasteiger partial charge on any atom is -0.493 e. The molecule has 0 fully saturated rings. The normalized spacial score (nSPS) is 10.5. The van der Waals surface area contributed by atoms with Crippen molar-refractivity contribution in [1.29, 1.82) is 0 Å². The maximum atomic E-state index is 12.6. The van der Waals surface area contributed by atoms with Gasteiger partial charge in [-0.1, -0.05) is 30.3 Å². The summed E-state index contributed by atoms with van der Waals surface area (Å²) >= 11 is 0. The average molecular weight is 406 g/mol. The molecular weight excluding hydrogens is 380 g/mol. The van der Waals surface area contributed by atoms with Crippen molar-refractivity contribution in [2.75, 3.05) is 19.5 Å². The molecule has 1 heterocycles. The van der Waals surface area contributed by atoms with Crippen molar-refractivity contribution in [2.24, 2.45) is 0 Å². The fourth-order valence-electron chi connectivity index (χ4n) is 3.49. The minimum absolute atomic E-state index is 0.0122. The molecule has 0 aliphatic heterocycles. The van der Waals surface area contributed by atoms with E-state index in [-0.39, 0.29) is 18.1 Å². The van der Waals surface area contributed by atoms with E-state index in [0.29, 0.717) is 29.3 Å². The van der Waals surface area contributed by atoms with Gasteiger partial charge in [0.2, 0.25) is 5.91 Å². The lowest BCUT2D eigenvalue weighted by molar-refractivity contribution is -0.116. The number of carbonyl (C=O) groups is 2. The number of benzene rings is 2. The molecule has 0 atom stereocenters. The first-order chi connectivity index (χ1) is 14.4. The molecule has 6 nitrogen and oxygen atoms in total. The number of amides is 1. The highest BCUT2D eigenvalue weighted by atomic mass is 16.5.